The molecule has 0 unspecified atom stereocenters. The lowest BCUT2D eigenvalue weighted by Gasteiger charge is -2.13. The average molecular weight is 444 g/mol. The molecule has 0 fully saturated rings. The van der Waals surface area contributed by atoms with Crippen LogP contribution in [0, 0.1) is 0 Å². The minimum Gasteiger partial charge on any atom is -0.492 e. The highest BCUT2D eigenvalue weighted by atomic mass is 79.9. The molecular weight excluding hydrogens is 424 g/mol. The first kappa shape index (κ1) is 18.9. The molecule has 8 heteroatoms. The maximum atomic E-state index is 11.6. The fourth-order valence-electron chi connectivity index (χ4n) is 1.61. The molecule has 0 heterocycles. The number of nitrogens with zero attached hydrogens (tertiary/aromatic N) is 1. The smallest absolute Gasteiger partial charge is 0.214 e. The summed E-state index contributed by atoms with van der Waals surface area (Å²) in [5.74, 6) is 0.857. The number of hydrogen-bond donors (Lipinski definition) is 1. The molecule has 0 radical (unpaired) electrons. The van der Waals surface area contributed by atoms with Crippen molar-refractivity contribution in [1.29, 1.82) is 0 Å². The third kappa shape index (κ3) is 5.86. The van der Waals surface area contributed by atoms with E-state index in [4.69, 9.17) is 4.74 Å². The largest absolute Gasteiger partial charge is 0.492 e. The molecule has 0 aliphatic rings. The van der Waals surface area contributed by atoms with Crippen LogP contribution in [-0.4, -0.2) is 45.7 Å². The molecule has 0 amide bonds. The van der Waals surface area contributed by atoms with Crippen LogP contribution >= 0.6 is 31.9 Å². The van der Waals surface area contributed by atoms with Crippen LogP contribution in [-0.2, 0) is 16.6 Å². The molecule has 0 atom stereocenters. The Hall–Kier alpha value is -0.150. The molecule has 0 bridgehead atoms. The molecule has 21 heavy (non-hydrogen) atoms. The monoisotopic (exact) mass is 442 g/mol. The zero-order valence-corrected chi connectivity index (χ0v) is 16.3. The second kappa shape index (κ2) is 8.47. The Morgan fingerprint density at radius 1 is 1.24 bits per heavy atom. The minimum absolute atomic E-state index is 0.0827. The van der Waals surface area contributed by atoms with Crippen molar-refractivity contribution in [2.24, 2.45) is 0 Å². The van der Waals surface area contributed by atoms with Gasteiger partial charge in [0.05, 0.1) is 21.3 Å². The first-order valence-electron chi connectivity index (χ1n) is 6.49. The summed E-state index contributed by atoms with van der Waals surface area (Å²) in [5, 5.41) is 3.13. The van der Waals surface area contributed by atoms with Gasteiger partial charge in [0.25, 0.3) is 0 Å². The van der Waals surface area contributed by atoms with Crippen LogP contribution in [0.1, 0.15) is 12.5 Å². The maximum absolute atomic E-state index is 11.6. The summed E-state index contributed by atoms with van der Waals surface area (Å²) in [5.41, 5.74) is 1.04. The van der Waals surface area contributed by atoms with Gasteiger partial charge in [0, 0.05) is 27.2 Å². The summed E-state index contributed by atoms with van der Waals surface area (Å²) >= 11 is 6.95. The van der Waals surface area contributed by atoms with Crippen molar-refractivity contribution in [2.75, 3.05) is 33.0 Å². The number of hydrogen-bond acceptors (Lipinski definition) is 4. The van der Waals surface area contributed by atoms with Gasteiger partial charge in [-0.15, -0.1) is 0 Å². The number of halogens is 2. The Balaban J connectivity index is 2.57. The molecule has 1 rings (SSSR count). The van der Waals surface area contributed by atoms with Gasteiger partial charge in [-0.1, -0.05) is 0 Å². The highest BCUT2D eigenvalue weighted by Crippen LogP contribution is 2.34. The molecule has 1 aromatic rings. The lowest BCUT2D eigenvalue weighted by molar-refractivity contribution is 0.336. The van der Waals surface area contributed by atoms with Crippen molar-refractivity contribution in [2.45, 2.75) is 13.5 Å². The predicted octanol–water partition coefficient (Wildman–Crippen LogP) is 2.59. The molecule has 0 aliphatic carbocycles. The van der Waals surface area contributed by atoms with Crippen LogP contribution in [0.4, 0.5) is 0 Å². The van der Waals surface area contributed by atoms with E-state index in [0.717, 1.165) is 20.3 Å². The fourth-order valence-corrected chi connectivity index (χ4v) is 3.89. The van der Waals surface area contributed by atoms with Gasteiger partial charge in [0.2, 0.25) is 10.0 Å². The summed E-state index contributed by atoms with van der Waals surface area (Å²) in [6.07, 6.45) is 0. The Kier molecular flexibility index (Phi) is 7.63. The third-order valence-corrected chi connectivity index (χ3v) is 5.78. The van der Waals surface area contributed by atoms with E-state index < -0.39 is 10.0 Å². The number of ether oxygens (including phenoxy) is 1. The van der Waals surface area contributed by atoms with Gasteiger partial charge in [-0.2, -0.15) is 0 Å². The topological polar surface area (TPSA) is 58.6 Å². The predicted molar refractivity (Wildman–Crippen MR) is 92.2 cm³/mol. The Bertz CT molecular complexity index is 554. The van der Waals surface area contributed by atoms with Gasteiger partial charge in [-0.25, -0.2) is 12.7 Å². The molecular formula is C13H20Br2N2O3S. The zero-order valence-electron chi connectivity index (χ0n) is 12.3. The van der Waals surface area contributed by atoms with Gasteiger partial charge >= 0.3 is 0 Å². The van der Waals surface area contributed by atoms with Gasteiger partial charge in [-0.05, 0) is 56.5 Å². The van der Waals surface area contributed by atoms with Crippen molar-refractivity contribution in [3.63, 3.8) is 0 Å². The quantitative estimate of drug-likeness (QED) is 0.627. The summed E-state index contributed by atoms with van der Waals surface area (Å²) in [6, 6.07) is 3.92. The number of rotatable bonds is 8. The highest BCUT2D eigenvalue weighted by Gasteiger charge is 2.13. The first-order valence-corrected chi connectivity index (χ1v) is 9.69. The summed E-state index contributed by atoms with van der Waals surface area (Å²) in [6.45, 7) is 3.52. The van der Waals surface area contributed by atoms with Crippen LogP contribution in [0.2, 0.25) is 0 Å². The number of nitrogens with one attached hydrogen (secondary N) is 1. The Morgan fingerprint density at radius 3 is 2.29 bits per heavy atom. The number of benzene rings is 1. The van der Waals surface area contributed by atoms with Crippen molar-refractivity contribution >= 4 is 41.9 Å². The lowest BCUT2D eigenvalue weighted by Crippen LogP contribution is -2.31. The van der Waals surface area contributed by atoms with E-state index >= 15 is 0 Å². The van der Waals surface area contributed by atoms with E-state index in [2.05, 4.69) is 37.2 Å². The highest BCUT2D eigenvalue weighted by molar-refractivity contribution is 9.11. The number of sulfonamides is 1. The van der Waals surface area contributed by atoms with Crippen molar-refractivity contribution in [3.05, 3.63) is 26.6 Å². The fraction of sp³-hybridized carbons (Fsp3) is 0.538. The first-order chi connectivity index (χ1) is 9.77. The summed E-state index contributed by atoms with van der Waals surface area (Å²) in [7, 11) is -0.0753. The normalized spacial score (nSPS) is 11.9. The van der Waals surface area contributed by atoms with Crippen LogP contribution in [0.15, 0.2) is 21.1 Å². The molecule has 0 saturated carbocycles. The van der Waals surface area contributed by atoms with Crippen molar-refractivity contribution in [1.82, 2.24) is 9.62 Å². The van der Waals surface area contributed by atoms with E-state index in [9.17, 15) is 8.42 Å². The molecule has 0 aliphatic heterocycles. The van der Waals surface area contributed by atoms with Gasteiger partial charge in [0.1, 0.15) is 5.75 Å². The van der Waals surface area contributed by atoms with E-state index in [1.165, 1.54) is 18.4 Å². The van der Waals surface area contributed by atoms with Gasteiger partial charge in [-0.3, -0.25) is 0 Å². The second-order valence-corrected chi connectivity index (χ2v) is 8.61. The molecule has 0 aromatic heterocycles. The maximum Gasteiger partial charge on any atom is 0.214 e. The molecule has 1 aromatic carbocycles. The van der Waals surface area contributed by atoms with Crippen LogP contribution in [0.25, 0.3) is 0 Å². The Morgan fingerprint density at radius 2 is 1.81 bits per heavy atom. The summed E-state index contributed by atoms with van der Waals surface area (Å²) < 4.78 is 31.7. The third-order valence-electron chi connectivity index (χ3n) is 2.77. The standard InChI is InChI=1S/C13H20Br2N2O3S/c1-4-20-13-11(14)7-10(8-12(13)15)9-16-5-6-21(18,19)17(2)3/h7-8,16H,4-6,9H2,1-3H3. The van der Waals surface area contributed by atoms with Crippen LogP contribution < -0.4 is 10.1 Å². The van der Waals surface area contributed by atoms with Crippen LogP contribution in [0.5, 0.6) is 5.75 Å². The van der Waals surface area contributed by atoms with E-state index in [1.807, 2.05) is 19.1 Å². The molecule has 1 N–H and O–H groups in total. The minimum atomic E-state index is -3.15. The average Bonchev–Trinajstić information content (AvgIpc) is 2.39. The Labute approximate surface area is 143 Å². The van der Waals surface area contributed by atoms with E-state index in [0.29, 0.717) is 19.7 Å². The van der Waals surface area contributed by atoms with E-state index in [-0.39, 0.29) is 5.75 Å². The molecule has 0 spiro atoms. The second-order valence-electron chi connectivity index (χ2n) is 4.60. The van der Waals surface area contributed by atoms with Crippen LogP contribution in [0.3, 0.4) is 0 Å². The lowest BCUT2D eigenvalue weighted by atomic mass is 10.2. The van der Waals surface area contributed by atoms with Gasteiger partial charge in [0.15, 0.2) is 0 Å². The SMILES string of the molecule is CCOc1c(Br)cc(CNCCS(=O)(=O)N(C)C)cc1Br. The molecule has 120 valence electrons. The molecule has 5 nitrogen and oxygen atoms in total. The molecule has 0 saturated heterocycles. The van der Waals surface area contributed by atoms with E-state index in [1.54, 1.807) is 0 Å². The zero-order chi connectivity index (χ0) is 16.0. The van der Waals surface area contributed by atoms with Crippen molar-refractivity contribution in [3.8, 4) is 5.75 Å². The van der Waals surface area contributed by atoms with Gasteiger partial charge < -0.3 is 10.1 Å². The summed E-state index contributed by atoms with van der Waals surface area (Å²) in [4.78, 5) is 0. The van der Waals surface area contributed by atoms with Crippen molar-refractivity contribution < 1.29 is 13.2 Å².